The highest BCUT2D eigenvalue weighted by atomic mass is 32.2. The summed E-state index contributed by atoms with van der Waals surface area (Å²) in [7, 11) is -0.809. The number of carbonyl (C=O) groups is 1. The van der Waals surface area contributed by atoms with E-state index in [4.69, 9.17) is 4.74 Å². The summed E-state index contributed by atoms with van der Waals surface area (Å²) in [5.74, 6) is -0.999. The molecule has 0 spiro atoms. The summed E-state index contributed by atoms with van der Waals surface area (Å²) in [5, 5.41) is 0. The molecule has 0 saturated heterocycles. The monoisotopic (exact) mass is 366 g/mol. The van der Waals surface area contributed by atoms with Gasteiger partial charge in [0.1, 0.15) is 6.61 Å². The molecule has 134 valence electrons. The third-order valence-corrected chi connectivity index (χ3v) is 5.58. The van der Waals surface area contributed by atoms with Crippen molar-refractivity contribution in [1.82, 2.24) is 9.13 Å². The molecule has 1 aromatic carbocycles. The molecule has 0 N–H and O–H groups in total. The highest BCUT2D eigenvalue weighted by Crippen LogP contribution is 2.18. The Morgan fingerprint density at radius 1 is 1.12 bits per heavy atom. The zero-order chi connectivity index (χ0) is 18.8. The number of hydrogen-bond acceptors (Lipinski definition) is 6. The van der Waals surface area contributed by atoms with Gasteiger partial charge < -0.3 is 4.74 Å². The molecule has 2 rings (SSSR count). The zero-order valence-electron chi connectivity index (χ0n) is 14.1. The van der Waals surface area contributed by atoms with Crippen LogP contribution in [0.3, 0.4) is 0 Å². The van der Waals surface area contributed by atoms with Crippen molar-refractivity contribution in [3.63, 3.8) is 0 Å². The van der Waals surface area contributed by atoms with Crippen molar-refractivity contribution >= 4 is 15.8 Å². The minimum atomic E-state index is -3.59. The Hall–Kier alpha value is -2.68. The maximum absolute atomic E-state index is 12.3. The Kier molecular flexibility index (Phi) is 5.27. The van der Waals surface area contributed by atoms with Crippen LogP contribution in [0.1, 0.15) is 23.0 Å². The highest BCUT2D eigenvalue weighted by molar-refractivity contribution is 7.91. The predicted molar refractivity (Wildman–Crippen MR) is 90.2 cm³/mol. The molecule has 1 heterocycles. The number of ether oxygens (including phenoxy) is 1. The van der Waals surface area contributed by atoms with Crippen LogP contribution >= 0.6 is 0 Å². The number of carbonyl (C=O) groups excluding carboxylic acids is 1. The summed E-state index contributed by atoms with van der Waals surface area (Å²) in [4.78, 5) is 35.7. The average Bonchev–Trinajstić information content (AvgIpc) is 2.61. The van der Waals surface area contributed by atoms with Crippen molar-refractivity contribution in [3.8, 4) is 0 Å². The Labute approximate surface area is 144 Å². The van der Waals surface area contributed by atoms with E-state index < -0.39 is 27.1 Å². The summed E-state index contributed by atoms with van der Waals surface area (Å²) in [5.41, 5.74) is -0.953. The summed E-state index contributed by atoms with van der Waals surface area (Å²) in [6.45, 7) is 1.15. The number of hydrogen-bond donors (Lipinski definition) is 0. The molecule has 9 heteroatoms. The zero-order valence-corrected chi connectivity index (χ0v) is 14.9. The average molecular weight is 366 g/mol. The van der Waals surface area contributed by atoms with Crippen molar-refractivity contribution in [1.29, 1.82) is 0 Å². The van der Waals surface area contributed by atoms with E-state index in [2.05, 4.69) is 0 Å². The van der Waals surface area contributed by atoms with E-state index in [1.54, 1.807) is 0 Å². The second kappa shape index (κ2) is 7.06. The van der Waals surface area contributed by atoms with Gasteiger partial charge in [0.15, 0.2) is 9.84 Å². The van der Waals surface area contributed by atoms with Gasteiger partial charge in [-0.1, -0.05) is 19.1 Å². The van der Waals surface area contributed by atoms with Gasteiger partial charge in [0.2, 0.25) is 0 Å². The van der Waals surface area contributed by atoms with Crippen LogP contribution < -0.4 is 11.2 Å². The number of esters is 1. The number of aromatic nitrogens is 2. The van der Waals surface area contributed by atoms with Gasteiger partial charge in [-0.25, -0.2) is 18.0 Å². The SMILES string of the molecule is CCS(=O)(=O)c1ccccc1C(=O)OCc1cc(=O)n(C)c(=O)n1C. The molecule has 0 unspecified atom stereocenters. The maximum atomic E-state index is 12.3. The van der Waals surface area contributed by atoms with Crippen molar-refractivity contribution in [2.45, 2.75) is 18.4 Å². The van der Waals surface area contributed by atoms with Gasteiger partial charge in [-0.05, 0) is 12.1 Å². The molecule has 0 aliphatic heterocycles. The van der Waals surface area contributed by atoms with E-state index in [0.29, 0.717) is 0 Å². The first-order valence-corrected chi connectivity index (χ1v) is 9.09. The van der Waals surface area contributed by atoms with Crippen molar-refractivity contribution < 1.29 is 17.9 Å². The number of benzene rings is 1. The lowest BCUT2D eigenvalue weighted by molar-refractivity contribution is 0.0458. The molecule has 0 amide bonds. The topological polar surface area (TPSA) is 104 Å². The van der Waals surface area contributed by atoms with Crippen LogP contribution in [0.5, 0.6) is 0 Å². The molecular formula is C16H18N2O6S. The van der Waals surface area contributed by atoms with Crippen LogP contribution in [0.15, 0.2) is 44.8 Å². The minimum Gasteiger partial charge on any atom is -0.456 e. The maximum Gasteiger partial charge on any atom is 0.339 e. The molecule has 0 bridgehead atoms. The van der Waals surface area contributed by atoms with Crippen molar-refractivity contribution in [2.75, 3.05) is 5.75 Å². The minimum absolute atomic E-state index is 0.0850. The fourth-order valence-electron chi connectivity index (χ4n) is 2.20. The molecule has 0 saturated carbocycles. The largest absolute Gasteiger partial charge is 0.456 e. The first-order chi connectivity index (χ1) is 11.7. The molecule has 0 radical (unpaired) electrons. The Morgan fingerprint density at radius 2 is 1.76 bits per heavy atom. The van der Waals surface area contributed by atoms with Gasteiger partial charge in [0.25, 0.3) is 5.56 Å². The normalized spacial score (nSPS) is 11.3. The standard InChI is InChI=1S/C16H18N2O6S/c1-4-25(22,23)13-8-6-5-7-12(13)15(20)24-10-11-9-14(19)18(3)16(21)17(11)2/h5-9H,4,10H2,1-3H3. The third kappa shape index (κ3) is 3.71. The Bertz CT molecular complexity index is 1030. The Balaban J connectivity index is 2.32. The molecule has 2 aromatic rings. The quantitative estimate of drug-likeness (QED) is 0.702. The van der Waals surface area contributed by atoms with Gasteiger partial charge in [-0.15, -0.1) is 0 Å². The fraction of sp³-hybridized carbons (Fsp3) is 0.312. The van der Waals surface area contributed by atoms with Crippen LogP contribution in [-0.2, 0) is 35.3 Å². The van der Waals surface area contributed by atoms with Gasteiger partial charge >= 0.3 is 11.7 Å². The number of nitrogens with zero attached hydrogens (tertiary/aromatic N) is 2. The van der Waals surface area contributed by atoms with Crippen LogP contribution in [0, 0.1) is 0 Å². The number of rotatable bonds is 5. The summed E-state index contributed by atoms with van der Waals surface area (Å²) < 4.78 is 31.4. The predicted octanol–water partition coefficient (Wildman–Crippen LogP) is 0.235. The van der Waals surface area contributed by atoms with Gasteiger partial charge in [0, 0.05) is 20.2 Å². The molecule has 0 fully saturated rings. The van der Waals surface area contributed by atoms with Crippen LogP contribution in [-0.4, -0.2) is 29.3 Å². The van der Waals surface area contributed by atoms with Crippen LogP contribution in [0.25, 0.3) is 0 Å². The van der Waals surface area contributed by atoms with E-state index in [1.807, 2.05) is 0 Å². The van der Waals surface area contributed by atoms with Gasteiger partial charge in [-0.3, -0.25) is 13.9 Å². The molecule has 0 aliphatic carbocycles. The van der Waals surface area contributed by atoms with E-state index in [0.717, 1.165) is 4.57 Å². The molecule has 1 aromatic heterocycles. The van der Waals surface area contributed by atoms with Gasteiger partial charge in [0.05, 0.1) is 21.9 Å². The lowest BCUT2D eigenvalue weighted by atomic mass is 10.2. The molecule has 25 heavy (non-hydrogen) atoms. The lowest BCUT2D eigenvalue weighted by Gasteiger charge is -2.12. The molecule has 0 aliphatic rings. The van der Waals surface area contributed by atoms with E-state index in [9.17, 15) is 22.8 Å². The summed E-state index contributed by atoms with van der Waals surface area (Å²) in [6, 6.07) is 6.92. The highest BCUT2D eigenvalue weighted by Gasteiger charge is 2.21. The van der Waals surface area contributed by atoms with Crippen LogP contribution in [0.2, 0.25) is 0 Å². The second-order valence-electron chi connectivity index (χ2n) is 5.35. The number of sulfone groups is 1. The lowest BCUT2D eigenvalue weighted by Crippen LogP contribution is -2.38. The summed E-state index contributed by atoms with van der Waals surface area (Å²) >= 11 is 0. The van der Waals surface area contributed by atoms with Crippen LogP contribution in [0.4, 0.5) is 0 Å². The fourth-order valence-corrected chi connectivity index (χ4v) is 3.28. The molecule has 8 nitrogen and oxygen atoms in total. The van der Waals surface area contributed by atoms with E-state index in [-0.39, 0.29) is 28.5 Å². The van der Waals surface area contributed by atoms with Crippen molar-refractivity contribution in [2.24, 2.45) is 14.1 Å². The van der Waals surface area contributed by atoms with E-state index in [1.165, 1.54) is 55.9 Å². The second-order valence-corrected chi connectivity index (χ2v) is 7.60. The molecular weight excluding hydrogens is 348 g/mol. The first kappa shape index (κ1) is 18.7. The first-order valence-electron chi connectivity index (χ1n) is 7.44. The van der Waals surface area contributed by atoms with Crippen molar-refractivity contribution in [3.05, 3.63) is 62.4 Å². The Morgan fingerprint density at radius 3 is 2.40 bits per heavy atom. The third-order valence-electron chi connectivity index (χ3n) is 3.80. The smallest absolute Gasteiger partial charge is 0.339 e. The summed E-state index contributed by atoms with van der Waals surface area (Å²) in [6.07, 6.45) is 0. The van der Waals surface area contributed by atoms with Gasteiger partial charge in [-0.2, -0.15) is 0 Å². The van der Waals surface area contributed by atoms with E-state index >= 15 is 0 Å². The molecule has 0 atom stereocenters.